The topological polar surface area (TPSA) is 23.0 Å². The first kappa shape index (κ1) is 22.8. The maximum atomic E-state index is 6.62. The molecule has 0 N–H and O–H groups in total. The third-order valence-electron chi connectivity index (χ3n) is 9.07. The molecule has 0 saturated heterocycles. The van der Waals surface area contributed by atoms with Crippen LogP contribution in [0.15, 0.2) is 150 Å². The second kappa shape index (κ2) is 8.37. The van der Waals surface area contributed by atoms with Crippen LogP contribution in [0.2, 0.25) is 0 Å². The molecule has 0 unspecified atom stereocenters. The quantitative estimate of drug-likeness (QED) is 0.211. The Morgan fingerprint density at radius 2 is 1.09 bits per heavy atom. The molecule has 0 fully saturated rings. The molecule has 3 aromatic heterocycles. The van der Waals surface area contributed by atoms with Gasteiger partial charge in [0.1, 0.15) is 11.2 Å². The summed E-state index contributed by atoms with van der Waals surface area (Å²) < 4.78 is 11.4. The van der Waals surface area contributed by atoms with Crippen molar-refractivity contribution in [3.8, 4) is 11.4 Å². The molecule has 10 rings (SSSR count). The van der Waals surface area contributed by atoms with Crippen LogP contribution in [0.3, 0.4) is 0 Å². The van der Waals surface area contributed by atoms with E-state index >= 15 is 0 Å². The predicted molar refractivity (Wildman–Crippen MR) is 180 cm³/mol. The third-order valence-corrected chi connectivity index (χ3v) is 9.07. The number of fused-ring (bicyclic) bond motifs is 11. The lowest BCUT2D eigenvalue weighted by atomic mass is 10.1. The molecule has 3 heterocycles. The maximum absolute atomic E-state index is 6.62. The molecule has 0 radical (unpaired) electrons. The van der Waals surface area contributed by atoms with E-state index in [4.69, 9.17) is 4.42 Å². The Morgan fingerprint density at radius 3 is 2.00 bits per heavy atom. The molecule has 43 heavy (non-hydrogen) atoms. The summed E-state index contributed by atoms with van der Waals surface area (Å²) in [5, 5.41) is 9.59. The van der Waals surface area contributed by atoms with Crippen molar-refractivity contribution in [3.63, 3.8) is 0 Å². The average Bonchev–Trinajstić information content (AvgIpc) is 3.71. The summed E-state index contributed by atoms with van der Waals surface area (Å²) >= 11 is 0. The minimum absolute atomic E-state index is 0.916. The van der Waals surface area contributed by atoms with Gasteiger partial charge >= 0.3 is 0 Å². The molecule has 0 bridgehead atoms. The standard InChI is InChI=1S/C40H24N2O/c1-2-12-27(13-3-1)41-35-21-20-31-30-15-7-9-17-38(30)43-40(31)39(35)33-23-32-29-14-6-8-16-34(29)42(36(32)24-37(33)41)28-19-18-25-10-4-5-11-26(25)22-28/h1-24H. The molecule has 3 heteroatoms. The summed E-state index contributed by atoms with van der Waals surface area (Å²) in [7, 11) is 0. The predicted octanol–water partition coefficient (Wildman–Crippen LogP) is 10.9. The van der Waals surface area contributed by atoms with Gasteiger partial charge in [-0.05, 0) is 71.4 Å². The fourth-order valence-electron chi connectivity index (χ4n) is 7.19. The second-order valence-electron chi connectivity index (χ2n) is 11.4. The molecule has 0 aliphatic rings. The van der Waals surface area contributed by atoms with Gasteiger partial charge in [0.2, 0.25) is 0 Å². The number of aromatic nitrogens is 2. The van der Waals surface area contributed by atoms with Crippen molar-refractivity contribution in [1.29, 1.82) is 0 Å². The lowest BCUT2D eigenvalue weighted by Crippen LogP contribution is -1.95. The fourth-order valence-corrected chi connectivity index (χ4v) is 7.19. The Hall–Kier alpha value is -5.80. The number of nitrogens with zero attached hydrogens (tertiary/aromatic N) is 2. The van der Waals surface area contributed by atoms with E-state index in [0.29, 0.717) is 0 Å². The third kappa shape index (κ3) is 3.08. The first-order valence-corrected chi connectivity index (χ1v) is 14.7. The zero-order valence-corrected chi connectivity index (χ0v) is 23.2. The summed E-state index contributed by atoms with van der Waals surface area (Å²) in [4.78, 5) is 0. The van der Waals surface area contributed by atoms with Crippen LogP contribution in [0.5, 0.6) is 0 Å². The van der Waals surface area contributed by atoms with Gasteiger partial charge in [-0.3, -0.25) is 0 Å². The Balaban J connectivity index is 1.41. The van der Waals surface area contributed by atoms with Gasteiger partial charge in [0, 0.05) is 38.3 Å². The molecule has 0 aliphatic heterocycles. The van der Waals surface area contributed by atoms with E-state index in [1.54, 1.807) is 0 Å². The van der Waals surface area contributed by atoms with Crippen LogP contribution in [0.4, 0.5) is 0 Å². The van der Waals surface area contributed by atoms with Crippen LogP contribution in [0.1, 0.15) is 0 Å². The zero-order chi connectivity index (χ0) is 28.1. The van der Waals surface area contributed by atoms with Crippen molar-refractivity contribution in [2.45, 2.75) is 0 Å². The van der Waals surface area contributed by atoms with E-state index < -0.39 is 0 Å². The van der Waals surface area contributed by atoms with Gasteiger partial charge in [0.15, 0.2) is 0 Å². The molecule has 0 aliphatic carbocycles. The number of para-hydroxylation sites is 3. The van der Waals surface area contributed by atoms with E-state index in [0.717, 1.165) is 49.7 Å². The first-order chi connectivity index (χ1) is 21.3. The van der Waals surface area contributed by atoms with Crippen molar-refractivity contribution in [3.05, 3.63) is 146 Å². The molecular weight excluding hydrogens is 524 g/mol. The SMILES string of the molecule is c1ccc(-n2c3cc4c(cc3c3c5oc6ccccc6c5ccc32)c2ccccc2n4-c2ccc3ccccc3c2)cc1. The first-order valence-electron chi connectivity index (χ1n) is 14.7. The minimum atomic E-state index is 0.916. The number of furan rings is 1. The second-order valence-corrected chi connectivity index (χ2v) is 11.4. The van der Waals surface area contributed by atoms with E-state index in [-0.39, 0.29) is 0 Å². The molecule has 0 atom stereocenters. The van der Waals surface area contributed by atoms with Crippen LogP contribution >= 0.6 is 0 Å². The van der Waals surface area contributed by atoms with Crippen LogP contribution in [0.25, 0.3) is 87.7 Å². The highest BCUT2D eigenvalue weighted by atomic mass is 16.3. The van der Waals surface area contributed by atoms with Crippen molar-refractivity contribution in [2.75, 3.05) is 0 Å². The number of benzene rings is 7. The van der Waals surface area contributed by atoms with Gasteiger partial charge < -0.3 is 13.6 Å². The summed E-state index contributed by atoms with van der Waals surface area (Å²) in [6.45, 7) is 0. The van der Waals surface area contributed by atoms with Crippen molar-refractivity contribution in [1.82, 2.24) is 9.13 Å². The van der Waals surface area contributed by atoms with Crippen LogP contribution in [-0.4, -0.2) is 9.13 Å². The summed E-state index contributed by atoms with van der Waals surface area (Å²) in [5.74, 6) is 0. The molecule has 7 aromatic carbocycles. The van der Waals surface area contributed by atoms with E-state index in [9.17, 15) is 0 Å². The van der Waals surface area contributed by atoms with Crippen LogP contribution < -0.4 is 0 Å². The van der Waals surface area contributed by atoms with Gasteiger partial charge in [0.05, 0.1) is 27.5 Å². The number of hydrogen-bond acceptors (Lipinski definition) is 1. The molecule has 10 aromatic rings. The fraction of sp³-hybridized carbons (Fsp3) is 0. The van der Waals surface area contributed by atoms with Gasteiger partial charge in [-0.2, -0.15) is 0 Å². The Bertz CT molecular complexity index is 2720. The summed E-state index contributed by atoms with van der Waals surface area (Å²) in [6, 6.07) is 52.3. The monoisotopic (exact) mass is 548 g/mol. The molecule has 0 saturated carbocycles. The Labute approximate surface area is 246 Å². The number of rotatable bonds is 2. The van der Waals surface area contributed by atoms with Crippen molar-refractivity contribution in [2.24, 2.45) is 0 Å². The average molecular weight is 549 g/mol. The van der Waals surface area contributed by atoms with Crippen molar-refractivity contribution >= 4 is 76.3 Å². The summed E-state index contributed by atoms with van der Waals surface area (Å²) in [6.07, 6.45) is 0. The maximum Gasteiger partial charge on any atom is 0.145 e. The molecular formula is C40H24N2O. The van der Waals surface area contributed by atoms with Gasteiger partial charge in [-0.15, -0.1) is 0 Å². The highest BCUT2D eigenvalue weighted by Gasteiger charge is 2.21. The largest absolute Gasteiger partial charge is 0.455 e. The molecule has 3 nitrogen and oxygen atoms in total. The lowest BCUT2D eigenvalue weighted by molar-refractivity contribution is 0.673. The van der Waals surface area contributed by atoms with Gasteiger partial charge in [-0.25, -0.2) is 0 Å². The van der Waals surface area contributed by atoms with E-state index in [2.05, 4.69) is 149 Å². The Kier molecular flexibility index (Phi) is 4.45. The smallest absolute Gasteiger partial charge is 0.145 e. The minimum Gasteiger partial charge on any atom is -0.455 e. The van der Waals surface area contributed by atoms with Crippen LogP contribution in [-0.2, 0) is 0 Å². The van der Waals surface area contributed by atoms with Crippen molar-refractivity contribution < 1.29 is 4.42 Å². The van der Waals surface area contributed by atoms with Crippen LogP contribution in [0, 0.1) is 0 Å². The van der Waals surface area contributed by atoms with E-state index in [1.165, 1.54) is 38.0 Å². The molecule has 200 valence electrons. The number of hydrogen-bond donors (Lipinski definition) is 0. The highest BCUT2D eigenvalue weighted by molar-refractivity contribution is 6.26. The normalized spacial score (nSPS) is 12.2. The lowest BCUT2D eigenvalue weighted by Gasteiger charge is -2.11. The Morgan fingerprint density at radius 1 is 0.372 bits per heavy atom. The summed E-state index contributed by atoms with van der Waals surface area (Å²) in [5.41, 5.74) is 8.83. The van der Waals surface area contributed by atoms with Gasteiger partial charge in [-0.1, -0.05) is 84.9 Å². The van der Waals surface area contributed by atoms with Gasteiger partial charge in [0.25, 0.3) is 0 Å². The molecule has 0 amide bonds. The highest BCUT2D eigenvalue weighted by Crippen LogP contribution is 2.43. The van der Waals surface area contributed by atoms with E-state index in [1.807, 2.05) is 6.07 Å². The molecule has 0 spiro atoms. The zero-order valence-electron chi connectivity index (χ0n) is 23.2.